The molecule has 9 heteroatoms. The number of pyridine rings is 2. The lowest BCUT2D eigenvalue weighted by molar-refractivity contribution is -0.172. The summed E-state index contributed by atoms with van der Waals surface area (Å²) in [5.41, 5.74) is 10.0. The molecule has 2 aliphatic heterocycles. The third-order valence-electron chi connectivity index (χ3n) is 7.03. The van der Waals surface area contributed by atoms with Gasteiger partial charge in [-0.25, -0.2) is 9.78 Å². The van der Waals surface area contributed by atoms with Crippen molar-refractivity contribution in [1.29, 1.82) is 0 Å². The molecule has 166 valence electrons. The standard InChI is InChI=1S/C23H20ClN3O4.ClH/c1-2-23(30)13-7-17-20-11(8-27(17)21(28)12(13)9-31-22(23)29)10-3-5-15(25)19-14(24)4-6-16(26-20)18(10)19;/h4,6-7,15,30H,2-3,5,8-9,25H2,1H3;1H/t15?,23-;/m0./s1. The molecule has 3 N–H and O–H groups in total. The Bertz CT molecular complexity index is 1400. The Morgan fingerprint density at radius 3 is 2.84 bits per heavy atom. The molecule has 2 aromatic heterocycles. The molecule has 0 bridgehead atoms. The minimum atomic E-state index is -1.83. The van der Waals surface area contributed by atoms with Gasteiger partial charge in [-0.3, -0.25) is 4.79 Å². The summed E-state index contributed by atoms with van der Waals surface area (Å²) < 4.78 is 6.80. The molecule has 32 heavy (non-hydrogen) atoms. The van der Waals surface area contributed by atoms with Gasteiger partial charge in [-0.1, -0.05) is 18.5 Å². The van der Waals surface area contributed by atoms with Crippen LogP contribution in [0.25, 0.3) is 22.3 Å². The molecular weight excluding hydrogens is 453 g/mol. The minimum absolute atomic E-state index is 0. The number of ether oxygens (including phenoxy) is 1. The van der Waals surface area contributed by atoms with Crippen LogP contribution in [0.1, 0.15) is 53.6 Å². The Labute approximate surface area is 194 Å². The number of carbonyl (C=O) groups excluding carboxylic acids is 1. The number of carbonyl (C=O) groups is 1. The SMILES string of the molecule is CC[C@@]1(O)C(=O)OCc2c1cc1n(c2=O)Cc2c-1nc1ccc(Cl)c3c1c2CCC3N.Cl. The predicted molar refractivity (Wildman–Crippen MR) is 122 cm³/mol. The third kappa shape index (κ3) is 2.53. The number of hydrogen-bond donors (Lipinski definition) is 2. The zero-order chi connectivity index (χ0) is 21.7. The number of hydrogen-bond acceptors (Lipinski definition) is 6. The van der Waals surface area contributed by atoms with E-state index in [1.165, 1.54) is 0 Å². The molecule has 0 radical (unpaired) electrons. The quantitative estimate of drug-likeness (QED) is 0.411. The summed E-state index contributed by atoms with van der Waals surface area (Å²) in [6.07, 6.45) is 1.66. The first-order chi connectivity index (χ1) is 14.8. The minimum Gasteiger partial charge on any atom is -0.458 e. The number of nitrogens with zero attached hydrogens (tertiary/aromatic N) is 2. The van der Waals surface area contributed by atoms with Crippen LogP contribution >= 0.6 is 24.0 Å². The van der Waals surface area contributed by atoms with E-state index in [0.29, 0.717) is 34.1 Å². The van der Waals surface area contributed by atoms with Crippen LogP contribution in [0.5, 0.6) is 0 Å². The average molecular weight is 474 g/mol. The fourth-order valence-corrected chi connectivity index (χ4v) is 5.65. The molecule has 1 aliphatic carbocycles. The number of rotatable bonds is 1. The molecule has 7 nitrogen and oxygen atoms in total. The van der Waals surface area contributed by atoms with Crippen molar-refractivity contribution in [3.8, 4) is 11.4 Å². The van der Waals surface area contributed by atoms with Gasteiger partial charge in [0.2, 0.25) is 0 Å². The molecule has 0 saturated heterocycles. The smallest absolute Gasteiger partial charge is 0.343 e. The number of cyclic esters (lactones) is 1. The van der Waals surface area contributed by atoms with Crippen LogP contribution in [-0.4, -0.2) is 20.6 Å². The zero-order valence-electron chi connectivity index (χ0n) is 17.3. The first-order valence-electron chi connectivity index (χ1n) is 10.4. The number of benzene rings is 1. The van der Waals surface area contributed by atoms with Crippen molar-refractivity contribution >= 4 is 40.9 Å². The lowest BCUT2D eigenvalue weighted by Crippen LogP contribution is -2.44. The van der Waals surface area contributed by atoms with E-state index in [-0.39, 0.29) is 37.0 Å². The zero-order valence-corrected chi connectivity index (χ0v) is 18.8. The van der Waals surface area contributed by atoms with Crippen molar-refractivity contribution in [2.45, 2.75) is 51.0 Å². The van der Waals surface area contributed by atoms with Gasteiger partial charge < -0.3 is 20.1 Å². The molecule has 4 heterocycles. The van der Waals surface area contributed by atoms with Crippen LogP contribution in [-0.2, 0) is 34.7 Å². The van der Waals surface area contributed by atoms with E-state index in [1.54, 1.807) is 17.6 Å². The Morgan fingerprint density at radius 1 is 1.31 bits per heavy atom. The summed E-state index contributed by atoms with van der Waals surface area (Å²) in [6.45, 7) is 1.94. The number of esters is 1. The van der Waals surface area contributed by atoms with Crippen molar-refractivity contribution in [3.05, 3.63) is 61.4 Å². The van der Waals surface area contributed by atoms with Gasteiger partial charge in [-0.15, -0.1) is 12.4 Å². The van der Waals surface area contributed by atoms with Crippen molar-refractivity contribution in [2.75, 3.05) is 0 Å². The second-order valence-electron chi connectivity index (χ2n) is 8.52. The molecule has 2 atom stereocenters. The number of aliphatic hydroxyl groups is 1. The van der Waals surface area contributed by atoms with Gasteiger partial charge in [0, 0.05) is 27.6 Å². The van der Waals surface area contributed by atoms with E-state index >= 15 is 0 Å². The number of aryl methyl sites for hydroxylation is 1. The van der Waals surface area contributed by atoms with E-state index in [1.807, 2.05) is 12.1 Å². The van der Waals surface area contributed by atoms with E-state index in [4.69, 9.17) is 27.1 Å². The van der Waals surface area contributed by atoms with Crippen LogP contribution in [0.15, 0.2) is 23.0 Å². The van der Waals surface area contributed by atoms with Crippen molar-refractivity contribution < 1.29 is 14.6 Å². The van der Waals surface area contributed by atoms with Crippen molar-refractivity contribution in [3.63, 3.8) is 0 Å². The van der Waals surface area contributed by atoms with Crippen LogP contribution in [0, 0.1) is 0 Å². The Balaban J connectivity index is 0.00000216. The highest BCUT2D eigenvalue weighted by Crippen LogP contribution is 2.45. The number of nitrogens with two attached hydrogens (primary N) is 1. The summed E-state index contributed by atoms with van der Waals surface area (Å²) in [5, 5.41) is 12.6. The van der Waals surface area contributed by atoms with Crippen molar-refractivity contribution in [1.82, 2.24) is 9.55 Å². The van der Waals surface area contributed by atoms with Crippen LogP contribution < -0.4 is 11.3 Å². The molecular formula is C23H21Cl2N3O4. The maximum Gasteiger partial charge on any atom is 0.343 e. The molecule has 1 unspecified atom stereocenters. The van der Waals surface area contributed by atoms with Crippen LogP contribution in [0.2, 0.25) is 5.02 Å². The van der Waals surface area contributed by atoms with E-state index < -0.39 is 11.6 Å². The maximum atomic E-state index is 13.4. The summed E-state index contributed by atoms with van der Waals surface area (Å²) >= 11 is 6.48. The molecule has 0 fully saturated rings. The van der Waals surface area contributed by atoms with Gasteiger partial charge >= 0.3 is 5.97 Å². The normalized spacial score (nSPS) is 22.6. The first kappa shape index (κ1) is 21.4. The summed E-state index contributed by atoms with van der Waals surface area (Å²) in [4.78, 5) is 30.6. The molecule has 1 aromatic carbocycles. The molecule has 3 aromatic rings. The number of aromatic nitrogens is 2. The predicted octanol–water partition coefficient (Wildman–Crippen LogP) is 3.10. The first-order valence-corrected chi connectivity index (χ1v) is 10.8. The highest BCUT2D eigenvalue weighted by molar-refractivity contribution is 6.32. The Hall–Kier alpha value is -2.45. The average Bonchev–Trinajstić information content (AvgIpc) is 3.13. The van der Waals surface area contributed by atoms with Gasteiger partial charge in [0.25, 0.3) is 5.56 Å². The topological polar surface area (TPSA) is 107 Å². The highest BCUT2D eigenvalue weighted by atomic mass is 35.5. The van der Waals surface area contributed by atoms with Gasteiger partial charge in [0.15, 0.2) is 5.60 Å². The van der Waals surface area contributed by atoms with E-state index in [9.17, 15) is 14.7 Å². The fraction of sp³-hybridized carbons (Fsp3) is 0.348. The molecule has 6 rings (SSSR count). The van der Waals surface area contributed by atoms with Crippen LogP contribution in [0.3, 0.4) is 0 Å². The Morgan fingerprint density at radius 2 is 2.09 bits per heavy atom. The van der Waals surface area contributed by atoms with E-state index in [2.05, 4.69) is 0 Å². The number of halogens is 2. The maximum absolute atomic E-state index is 13.4. The second kappa shape index (κ2) is 7.02. The molecule has 0 amide bonds. The molecule has 3 aliphatic rings. The van der Waals surface area contributed by atoms with E-state index in [0.717, 1.165) is 40.4 Å². The third-order valence-corrected chi connectivity index (χ3v) is 7.36. The Kier molecular flexibility index (Phi) is 4.70. The van der Waals surface area contributed by atoms with Crippen LogP contribution in [0.4, 0.5) is 0 Å². The summed E-state index contributed by atoms with van der Waals surface area (Å²) in [5.74, 6) is -0.722. The van der Waals surface area contributed by atoms with Crippen molar-refractivity contribution in [2.24, 2.45) is 5.73 Å². The highest BCUT2D eigenvalue weighted by Gasteiger charge is 2.45. The largest absolute Gasteiger partial charge is 0.458 e. The monoisotopic (exact) mass is 473 g/mol. The molecule has 0 saturated carbocycles. The lowest BCUT2D eigenvalue weighted by Gasteiger charge is -2.31. The molecule has 0 spiro atoms. The summed E-state index contributed by atoms with van der Waals surface area (Å²) in [7, 11) is 0. The van der Waals surface area contributed by atoms with Gasteiger partial charge in [0.1, 0.15) is 6.61 Å². The second-order valence-corrected chi connectivity index (χ2v) is 8.93. The lowest BCUT2D eigenvalue weighted by atomic mass is 9.84. The fourth-order valence-electron chi connectivity index (χ4n) is 5.35. The van der Waals surface area contributed by atoms with Gasteiger partial charge in [0.05, 0.1) is 29.0 Å². The van der Waals surface area contributed by atoms with Gasteiger partial charge in [-0.2, -0.15) is 0 Å². The number of fused-ring (bicyclic) bond motifs is 5. The van der Waals surface area contributed by atoms with Gasteiger partial charge in [-0.05, 0) is 48.6 Å². The summed E-state index contributed by atoms with van der Waals surface area (Å²) in [6, 6.07) is 5.28.